The van der Waals surface area contributed by atoms with E-state index in [4.69, 9.17) is 10.9 Å². The number of primary sulfonamides is 1. The van der Waals surface area contributed by atoms with Crippen molar-refractivity contribution in [3.05, 3.63) is 46.4 Å². The Morgan fingerprint density at radius 1 is 1.20 bits per heavy atom. The zero-order valence-electron chi connectivity index (χ0n) is 10.7. The normalized spacial score (nSPS) is 11.3. The molecule has 5 N–H and O–H groups in total. The molecule has 0 aliphatic heterocycles. The van der Waals surface area contributed by atoms with Gasteiger partial charge < -0.3 is 11.1 Å². The first-order valence-electron chi connectivity index (χ1n) is 5.73. The maximum Gasteiger partial charge on any atom is 0.240 e. The van der Waals surface area contributed by atoms with Crippen molar-refractivity contribution in [3.63, 3.8) is 0 Å². The molecule has 0 bridgehead atoms. The van der Waals surface area contributed by atoms with Gasteiger partial charge in [-0.25, -0.2) is 13.6 Å². The smallest absolute Gasteiger partial charge is 0.240 e. The van der Waals surface area contributed by atoms with Gasteiger partial charge in [0.2, 0.25) is 10.0 Å². The molecule has 0 aliphatic rings. The second-order valence-electron chi connectivity index (χ2n) is 4.40. The minimum absolute atomic E-state index is 0.0887. The summed E-state index contributed by atoms with van der Waals surface area (Å²) in [4.78, 5) is -0.0887. The van der Waals surface area contributed by atoms with Crippen LogP contribution in [-0.4, -0.2) is 8.42 Å². The Balaban J connectivity index is 2.44. The Hall–Kier alpha value is -1.57. The number of anilines is 3. The molecule has 0 heterocycles. The SMILES string of the molecule is Cc1cc(Br)cc(Nc2cccc(S(N)(=O)=O)c2N)c1. The number of hydrogen-bond acceptors (Lipinski definition) is 4. The molecule has 20 heavy (non-hydrogen) atoms. The van der Waals surface area contributed by atoms with Crippen molar-refractivity contribution in [2.45, 2.75) is 11.8 Å². The maximum atomic E-state index is 11.4. The predicted molar refractivity (Wildman–Crippen MR) is 84.4 cm³/mol. The molecule has 106 valence electrons. The van der Waals surface area contributed by atoms with Crippen LogP contribution >= 0.6 is 15.9 Å². The third-order valence-corrected chi connectivity index (χ3v) is 4.12. The Kier molecular flexibility index (Phi) is 4.03. The minimum atomic E-state index is -3.84. The van der Waals surface area contributed by atoms with Crippen LogP contribution in [0.3, 0.4) is 0 Å². The van der Waals surface area contributed by atoms with E-state index in [1.807, 2.05) is 25.1 Å². The number of hydrogen-bond donors (Lipinski definition) is 3. The van der Waals surface area contributed by atoms with Gasteiger partial charge in [0.25, 0.3) is 0 Å². The Bertz CT molecular complexity index is 740. The highest BCUT2D eigenvalue weighted by atomic mass is 79.9. The van der Waals surface area contributed by atoms with Crippen molar-refractivity contribution >= 4 is 43.0 Å². The molecule has 2 aromatic carbocycles. The zero-order valence-corrected chi connectivity index (χ0v) is 13.1. The molecule has 0 aromatic heterocycles. The standard InChI is InChI=1S/C13H14BrN3O2S/c1-8-5-9(14)7-10(6-8)17-11-3-2-4-12(13(11)15)20(16,18)19/h2-7,17H,15H2,1H3,(H2,16,18,19). The fourth-order valence-corrected chi connectivity index (χ4v) is 3.16. The second kappa shape index (κ2) is 5.43. The zero-order chi connectivity index (χ0) is 14.9. The fraction of sp³-hybridized carbons (Fsp3) is 0.0769. The molecule has 0 saturated carbocycles. The maximum absolute atomic E-state index is 11.4. The van der Waals surface area contributed by atoms with Gasteiger partial charge in [-0.3, -0.25) is 0 Å². The average molecular weight is 356 g/mol. The fourth-order valence-electron chi connectivity index (χ4n) is 1.87. The van der Waals surface area contributed by atoms with Crippen molar-refractivity contribution in [3.8, 4) is 0 Å². The van der Waals surface area contributed by atoms with Gasteiger partial charge in [0, 0.05) is 10.2 Å². The quantitative estimate of drug-likeness (QED) is 0.737. The molecule has 0 fully saturated rings. The highest BCUT2D eigenvalue weighted by Gasteiger charge is 2.14. The number of benzene rings is 2. The van der Waals surface area contributed by atoms with Crippen molar-refractivity contribution in [2.24, 2.45) is 5.14 Å². The van der Waals surface area contributed by atoms with Gasteiger partial charge in [-0.2, -0.15) is 0 Å². The third-order valence-electron chi connectivity index (χ3n) is 2.69. The van der Waals surface area contributed by atoms with Gasteiger partial charge in [-0.1, -0.05) is 22.0 Å². The van der Waals surface area contributed by atoms with Crippen LogP contribution in [-0.2, 0) is 10.0 Å². The second-order valence-corrected chi connectivity index (χ2v) is 6.85. The molecule has 7 heteroatoms. The molecule has 0 amide bonds. The van der Waals surface area contributed by atoms with E-state index in [-0.39, 0.29) is 10.6 Å². The molecule has 0 aliphatic carbocycles. The summed E-state index contributed by atoms with van der Waals surface area (Å²) >= 11 is 3.40. The molecule has 0 spiro atoms. The third kappa shape index (κ3) is 3.30. The highest BCUT2D eigenvalue weighted by Crippen LogP contribution is 2.30. The number of nitrogens with two attached hydrogens (primary N) is 2. The number of para-hydroxylation sites is 1. The van der Waals surface area contributed by atoms with Gasteiger partial charge in [0.05, 0.1) is 11.4 Å². The first-order chi connectivity index (χ1) is 9.27. The van der Waals surface area contributed by atoms with Crippen LogP contribution in [0.4, 0.5) is 17.1 Å². The van der Waals surface area contributed by atoms with E-state index in [0.717, 1.165) is 15.7 Å². The van der Waals surface area contributed by atoms with Crippen LogP contribution in [0.1, 0.15) is 5.56 Å². The number of sulfonamides is 1. The van der Waals surface area contributed by atoms with Gasteiger partial charge in [0.1, 0.15) is 4.90 Å². The van der Waals surface area contributed by atoms with Crippen LogP contribution in [0.5, 0.6) is 0 Å². The number of halogens is 1. The lowest BCUT2D eigenvalue weighted by Crippen LogP contribution is -2.15. The highest BCUT2D eigenvalue weighted by molar-refractivity contribution is 9.10. The Labute approximate surface area is 126 Å². The number of aryl methyl sites for hydroxylation is 1. The number of nitrogens with one attached hydrogen (secondary N) is 1. The van der Waals surface area contributed by atoms with Gasteiger partial charge in [-0.05, 0) is 42.8 Å². The van der Waals surface area contributed by atoms with E-state index in [2.05, 4.69) is 21.2 Å². The van der Waals surface area contributed by atoms with E-state index in [0.29, 0.717) is 5.69 Å². The summed E-state index contributed by atoms with van der Waals surface area (Å²) < 4.78 is 23.8. The van der Waals surface area contributed by atoms with Gasteiger partial charge >= 0.3 is 0 Å². The summed E-state index contributed by atoms with van der Waals surface area (Å²) in [5.41, 5.74) is 8.32. The molecular weight excluding hydrogens is 342 g/mol. The summed E-state index contributed by atoms with van der Waals surface area (Å²) in [6.07, 6.45) is 0. The lowest BCUT2D eigenvalue weighted by atomic mass is 10.2. The van der Waals surface area contributed by atoms with Crippen molar-refractivity contribution in [1.29, 1.82) is 0 Å². The molecule has 0 saturated heterocycles. The summed E-state index contributed by atoms with van der Waals surface area (Å²) in [5.74, 6) is 0. The lowest BCUT2D eigenvalue weighted by molar-refractivity contribution is 0.598. The van der Waals surface area contributed by atoms with Crippen LogP contribution in [0, 0.1) is 6.92 Å². The Morgan fingerprint density at radius 2 is 1.90 bits per heavy atom. The van der Waals surface area contributed by atoms with E-state index < -0.39 is 10.0 Å². The first kappa shape index (κ1) is 14.8. The molecule has 0 unspecified atom stereocenters. The molecule has 2 rings (SSSR count). The van der Waals surface area contributed by atoms with E-state index >= 15 is 0 Å². The Morgan fingerprint density at radius 3 is 2.50 bits per heavy atom. The molecule has 0 atom stereocenters. The molecular formula is C13H14BrN3O2S. The van der Waals surface area contributed by atoms with Crippen molar-refractivity contribution in [2.75, 3.05) is 11.1 Å². The summed E-state index contributed by atoms with van der Waals surface area (Å²) in [6, 6.07) is 10.4. The lowest BCUT2D eigenvalue weighted by Gasteiger charge is -2.12. The monoisotopic (exact) mass is 355 g/mol. The number of nitrogen functional groups attached to an aromatic ring is 1. The minimum Gasteiger partial charge on any atom is -0.396 e. The first-order valence-corrected chi connectivity index (χ1v) is 8.07. The van der Waals surface area contributed by atoms with Crippen LogP contribution in [0.25, 0.3) is 0 Å². The summed E-state index contributed by atoms with van der Waals surface area (Å²) in [7, 11) is -3.84. The van der Waals surface area contributed by atoms with Crippen molar-refractivity contribution < 1.29 is 8.42 Å². The molecule has 2 aromatic rings. The van der Waals surface area contributed by atoms with Crippen LogP contribution in [0.2, 0.25) is 0 Å². The van der Waals surface area contributed by atoms with E-state index in [9.17, 15) is 8.42 Å². The summed E-state index contributed by atoms with van der Waals surface area (Å²) in [6.45, 7) is 1.96. The topological polar surface area (TPSA) is 98.2 Å². The molecule has 5 nitrogen and oxygen atoms in total. The average Bonchev–Trinajstić information content (AvgIpc) is 2.29. The van der Waals surface area contributed by atoms with Crippen molar-refractivity contribution in [1.82, 2.24) is 0 Å². The summed E-state index contributed by atoms with van der Waals surface area (Å²) in [5, 5.41) is 8.22. The predicted octanol–water partition coefficient (Wildman–Crippen LogP) is 2.73. The van der Waals surface area contributed by atoms with E-state index in [1.54, 1.807) is 12.1 Å². The van der Waals surface area contributed by atoms with Gasteiger partial charge in [-0.15, -0.1) is 0 Å². The largest absolute Gasteiger partial charge is 0.396 e. The number of rotatable bonds is 3. The van der Waals surface area contributed by atoms with E-state index in [1.165, 1.54) is 6.07 Å². The van der Waals surface area contributed by atoms with Crippen LogP contribution < -0.4 is 16.2 Å². The molecule has 0 radical (unpaired) electrons. The van der Waals surface area contributed by atoms with Gasteiger partial charge in [0.15, 0.2) is 0 Å². The van der Waals surface area contributed by atoms with Crippen LogP contribution in [0.15, 0.2) is 45.8 Å².